The van der Waals surface area contributed by atoms with Crippen LogP contribution in [-0.4, -0.2) is 0 Å². The Kier molecular flexibility index (Phi) is 7.96. The van der Waals surface area contributed by atoms with Gasteiger partial charge in [-0.05, 0) is 152 Å². The van der Waals surface area contributed by atoms with E-state index in [2.05, 4.69) is 213 Å². The van der Waals surface area contributed by atoms with Crippen molar-refractivity contribution < 1.29 is 0 Å². The number of rotatable bonds is 4. The Balaban J connectivity index is 0.839. The monoisotopic (exact) mass is 788 g/mol. The van der Waals surface area contributed by atoms with Crippen LogP contribution in [0.4, 0.5) is 28.4 Å². The molecule has 0 saturated carbocycles. The maximum atomic E-state index is 2.49. The summed E-state index contributed by atoms with van der Waals surface area (Å²) >= 11 is 1.85. The second-order valence-electron chi connectivity index (χ2n) is 17.4. The Bertz CT molecular complexity index is 3150. The third-order valence-corrected chi connectivity index (χ3v) is 14.6. The van der Waals surface area contributed by atoms with E-state index >= 15 is 0 Å². The Labute approximate surface area is 356 Å². The Morgan fingerprint density at radius 3 is 1.92 bits per heavy atom. The maximum absolute atomic E-state index is 2.49. The van der Waals surface area contributed by atoms with Gasteiger partial charge in [0, 0.05) is 38.0 Å². The predicted octanol–water partition coefficient (Wildman–Crippen LogP) is 15.9. The molecule has 0 N–H and O–H groups in total. The first kappa shape index (κ1) is 35.4. The summed E-state index contributed by atoms with van der Waals surface area (Å²) in [5.41, 5.74) is 18.2. The van der Waals surface area contributed by atoms with Crippen LogP contribution in [0.1, 0.15) is 55.0 Å². The van der Waals surface area contributed by atoms with E-state index in [0.717, 1.165) is 12.8 Å². The third-order valence-electron chi connectivity index (χ3n) is 13.5. The van der Waals surface area contributed by atoms with Gasteiger partial charge in [0.15, 0.2) is 0 Å². The van der Waals surface area contributed by atoms with Crippen LogP contribution in [0.3, 0.4) is 0 Å². The number of fused-ring (bicyclic) bond motifs is 9. The first-order chi connectivity index (χ1) is 29.4. The molecule has 0 radical (unpaired) electrons. The smallest absolute Gasteiger partial charge is 0.0601 e. The zero-order chi connectivity index (χ0) is 40.1. The summed E-state index contributed by atoms with van der Waals surface area (Å²) in [6.07, 6.45) is 11.4. The first-order valence-corrected chi connectivity index (χ1v) is 22.1. The van der Waals surface area contributed by atoms with Crippen molar-refractivity contribution in [2.24, 2.45) is 5.92 Å². The number of benzene rings is 8. The highest BCUT2D eigenvalue weighted by atomic mass is 32.2. The van der Waals surface area contributed by atoms with Crippen LogP contribution in [0, 0.1) is 5.92 Å². The van der Waals surface area contributed by atoms with Crippen molar-refractivity contribution in [1.82, 2.24) is 0 Å². The standard InChI is InChI=1S/C57H44N2S/c1-36-11-10-16-52-48(36)34-41-12-4-5-13-51(41)58(52)42-25-29-45-40(33-42)24-23-39-31-37(21-27-44(39)45)19-20-38-22-28-46-47-30-26-43(35-50(47)57(2,3)49(46)32-38)59-53-14-6-8-17-55(53)60-56-18-9-7-15-54(56)59/h4-10,12-33,35-36H,11,34H2,1-3H3. The fourth-order valence-corrected chi connectivity index (χ4v) is 11.4. The largest absolute Gasteiger partial charge is 0.310 e. The molecule has 2 heterocycles. The molecular formula is C57H44N2S. The second kappa shape index (κ2) is 13.5. The lowest BCUT2D eigenvalue weighted by Gasteiger charge is -2.38. The molecule has 4 aliphatic rings. The van der Waals surface area contributed by atoms with E-state index in [1.54, 1.807) is 5.57 Å². The zero-order valence-electron chi connectivity index (χ0n) is 34.1. The van der Waals surface area contributed by atoms with Gasteiger partial charge in [-0.25, -0.2) is 0 Å². The van der Waals surface area contributed by atoms with Crippen molar-refractivity contribution in [2.75, 3.05) is 9.80 Å². The summed E-state index contributed by atoms with van der Waals surface area (Å²) < 4.78 is 0. The molecule has 12 rings (SSSR count). The number of hydrogen-bond acceptors (Lipinski definition) is 3. The molecule has 0 bridgehead atoms. The van der Waals surface area contributed by atoms with Crippen molar-refractivity contribution in [3.8, 4) is 11.1 Å². The molecular weight excluding hydrogens is 745 g/mol. The lowest BCUT2D eigenvalue weighted by molar-refractivity contribution is 0.648. The molecule has 3 heteroatoms. The number of anilines is 5. The van der Waals surface area contributed by atoms with Gasteiger partial charge in [0.05, 0.1) is 11.4 Å². The Hall–Kier alpha value is -6.55. The molecule has 0 saturated heterocycles. The molecule has 0 spiro atoms. The van der Waals surface area contributed by atoms with Crippen LogP contribution in [0.2, 0.25) is 0 Å². The second-order valence-corrected chi connectivity index (χ2v) is 18.5. The van der Waals surface area contributed by atoms with Crippen molar-refractivity contribution >= 4 is 73.9 Å². The Morgan fingerprint density at radius 1 is 0.567 bits per heavy atom. The first-order valence-electron chi connectivity index (χ1n) is 21.3. The van der Waals surface area contributed by atoms with Gasteiger partial charge in [0.1, 0.15) is 0 Å². The van der Waals surface area contributed by atoms with E-state index in [9.17, 15) is 0 Å². The average molecular weight is 789 g/mol. The van der Waals surface area contributed by atoms with E-state index in [0.29, 0.717) is 5.92 Å². The van der Waals surface area contributed by atoms with Gasteiger partial charge in [0.2, 0.25) is 0 Å². The SMILES string of the molecule is CC1CC=CC2=C1Cc1ccccc1N2c1ccc2c(ccc3cc(C=Cc4ccc5c(c4)C(C)(C)c4cc(N6c7ccccc7Sc7ccccc76)ccc4-5)ccc32)c1. The molecule has 8 aromatic carbocycles. The quantitative estimate of drug-likeness (QED) is 0.130. The van der Waals surface area contributed by atoms with Crippen LogP contribution in [0.5, 0.6) is 0 Å². The van der Waals surface area contributed by atoms with Crippen molar-refractivity contribution in [3.63, 3.8) is 0 Å². The summed E-state index contributed by atoms with van der Waals surface area (Å²) in [4.78, 5) is 7.50. The molecule has 0 amide bonds. The Morgan fingerprint density at radius 2 is 1.15 bits per heavy atom. The van der Waals surface area contributed by atoms with Crippen LogP contribution in [-0.2, 0) is 11.8 Å². The molecule has 1 unspecified atom stereocenters. The van der Waals surface area contributed by atoms with Crippen molar-refractivity contribution in [2.45, 2.75) is 48.8 Å². The zero-order valence-corrected chi connectivity index (χ0v) is 34.9. The van der Waals surface area contributed by atoms with E-state index in [1.807, 2.05) is 11.8 Å². The molecule has 60 heavy (non-hydrogen) atoms. The van der Waals surface area contributed by atoms with Gasteiger partial charge in [-0.2, -0.15) is 0 Å². The van der Waals surface area contributed by atoms with Gasteiger partial charge in [0.25, 0.3) is 0 Å². The minimum atomic E-state index is -0.139. The molecule has 2 aliphatic heterocycles. The highest BCUT2D eigenvalue weighted by Crippen LogP contribution is 2.55. The third kappa shape index (κ3) is 5.49. The van der Waals surface area contributed by atoms with Gasteiger partial charge >= 0.3 is 0 Å². The maximum Gasteiger partial charge on any atom is 0.0601 e. The lowest BCUT2D eigenvalue weighted by atomic mass is 9.81. The van der Waals surface area contributed by atoms with Crippen LogP contribution < -0.4 is 9.80 Å². The highest BCUT2D eigenvalue weighted by molar-refractivity contribution is 7.99. The summed E-state index contributed by atoms with van der Waals surface area (Å²) in [6.45, 7) is 7.13. The molecule has 8 aromatic rings. The number of para-hydroxylation sites is 3. The number of hydrogen-bond donors (Lipinski definition) is 0. The van der Waals surface area contributed by atoms with Gasteiger partial charge < -0.3 is 9.80 Å². The molecule has 288 valence electrons. The molecule has 2 nitrogen and oxygen atoms in total. The molecule has 1 atom stereocenters. The number of nitrogens with zero attached hydrogens (tertiary/aromatic N) is 2. The lowest BCUT2D eigenvalue weighted by Crippen LogP contribution is -2.26. The van der Waals surface area contributed by atoms with E-state index in [-0.39, 0.29) is 5.41 Å². The van der Waals surface area contributed by atoms with Gasteiger partial charge in [-0.15, -0.1) is 0 Å². The summed E-state index contributed by atoms with van der Waals surface area (Å²) in [6, 6.07) is 59.0. The predicted molar refractivity (Wildman–Crippen MR) is 255 cm³/mol. The molecule has 0 fully saturated rings. The molecule has 0 aromatic heterocycles. The minimum Gasteiger partial charge on any atom is -0.310 e. The van der Waals surface area contributed by atoms with Crippen LogP contribution >= 0.6 is 11.8 Å². The van der Waals surface area contributed by atoms with Crippen molar-refractivity contribution in [1.29, 1.82) is 0 Å². The van der Waals surface area contributed by atoms with E-state index in [4.69, 9.17) is 0 Å². The topological polar surface area (TPSA) is 6.48 Å². The summed E-state index contributed by atoms with van der Waals surface area (Å²) in [5.74, 6) is 0.553. The summed E-state index contributed by atoms with van der Waals surface area (Å²) in [7, 11) is 0. The summed E-state index contributed by atoms with van der Waals surface area (Å²) in [5, 5.41) is 5.09. The fraction of sp³-hybridized carbons (Fsp3) is 0.123. The van der Waals surface area contributed by atoms with Gasteiger partial charge in [-0.3, -0.25) is 0 Å². The van der Waals surface area contributed by atoms with E-state index in [1.165, 1.54) is 104 Å². The average Bonchev–Trinajstić information content (AvgIpc) is 3.51. The minimum absolute atomic E-state index is 0.139. The highest BCUT2D eigenvalue weighted by Gasteiger charge is 2.37. The fourth-order valence-electron chi connectivity index (χ4n) is 10.3. The normalized spacial score (nSPS) is 17.1. The van der Waals surface area contributed by atoms with Crippen molar-refractivity contribution in [3.05, 3.63) is 209 Å². The van der Waals surface area contributed by atoms with E-state index < -0.39 is 0 Å². The molecule has 2 aliphatic carbocycles. The number of allylic oxidation sites excluding steroid dienone is 3. The van der Waals surface area contributed by atoms with Crippen LogP contribution in [0.25, 0.3) is 44.8 Å². The van der Waals surface area contributed by atoms with Gasteiger partial charge in [-0.1, -0.05) is 148 Å². The van der Waals surface area contributed by atoms with Crippen LogP contribution in [0.15, 0.2) is 191 Å².